The summed E-state index contributed by atoms with van der Waals surface area (Å²) in [5, 5.41) is 0. The Kier molecular flexibility index (Phi) is 18.3. The van der Waals surface area contributed by atoms with Gasteiger partial charge in [0.2, 0.25) is 0 Å². The molecule has 0 radical (unpaired) electrons. The van der Waals surface area contributed by atoms with Crippen molar-refractivity contribution >= 4 is 0 Å². The fourth-order valence-corrected chi connectivity index (χ4v) is 5.34. The summed E-state index contributed by atoms with van der Waals surface area (Å²) in [6.45, 7) is 4.62. The first-order valence-corrected chi connectivity index (χ1v) is 14.3. The predicted octanol–water partition coefficient (Wildman–Crippen LogP) is 9.78. The van der Waals surface area contributed by atoms with E-state index in [-0.39, 0.29) is 0 Å². The van der Waals surface area contributed by atoms with Crippen molar-refractivity contribution in [3.63, 3.8) is 0 Å². The molecule has 0 saturated heterocycles. The Hall–Kier alpha value is -0.0400. The number of hydrogen-bond acceptors (Lipinski definition) is 1. The van der Waals surface area contributed by atoms with Crippen LogP contribution in [0.25, 0.3) is 0 Å². The fourth-order valence-electron chi connectivity index (χ4n) is 5.34. The second kappa shape index (κ2) is 19.6. The minimum atomic E-state index is 0.824. The molecule has 0 amide bonds. The van der Waals surface area contributed by atoms with Crippen LogP contribution in [0.15, 0.2) is 0 Å². The minimum Gasteiger partial charge on any atom is -0.306 e. The summed E-state index contributed by atoms with van der Waals surface area (Å²) in [4.78, 5) is 2.49. The molecule has 1 heteroatoms. The van der Waals surface area contributed by atoms with E-state index < -0.39 is 0 Å². The molecule has 1 aliphatic carbocycles. The van der Waals surface area contributed by atoms with Gasteiger partial charge in [0.25, 0.3) is 0 Å². The molecule has 1 saturated carbocycles. The van der Waals surface area contributed by atoms with Gasteiger partial charge in [-0.25, -0.2) is 0 Å². The van der Waals surface area contributed by atoms with Crippen LogP contribution in [0.5, 0.6) is 0 Å². The lowest BCUT2D eigenvalue weighted by atomic mass is 9.99. The smallest absolute Gasteiger partial charge is 0.00891 e. The van der Waals surface area contributed by atoms with Crippen molar-refractivity contribution in [3.8, 4) is 0 Å². The van der Waals surface area contributed by atoms with E-state index in [9.17, 15) is 0 Å². The Morgan fingerprint density at radius 2 is 0.900 bits per heavy atom. The van der Waals surface area contributed by atoms with Crippen LogP contribution in [0.1, 0.15) is 155 Å². The van der Waals surface area contributed by atoms with Crippen LogP contribution in [0, 0.1) is 11.8 Å². The molecule has 180 valence electrons. The zero-order valence-electron chi connectivity index (χ0n) is 21.7. The van der Waals surface area contributed by atoms with E-state index in [2.05, 4.69) is 32.8 Å². The van der Waals surface area contributed by atoms with Crippen LogP contribution in [0.4, 0.5) is 0 Å². The fraction of sp³-hybridized carbons (Fsp3) is 1.00. The molecule has 0 spiro atoms. The normalized spacial score (nSPS) is 19.5. The van der Waals surface area contributed by atoms with Gasteiger partial charge < -0.3 is 4.90 Å². The molecule has 1 nitrogen and oxygen atoms in total. The third-order valence-corrected chi connectivity index (χ3v) is 7.73. The van der Waals surface area contributed by atoms with Crippen LogP contribution in [0.3, 0.4) is 0 Å². The van der Waals surface area contributed by atoms with Gasteiger partial charge in [-0.3, -0.25) is 0 Å². The molecule has 0 heterocycles. The van der Waals surface area contributed by atoms with Gasteiger partial charge >= 0.3 is 0 Å². The van der Waals surface area contributed by atoms with Crippen molar-refractivity contribution in [2.75, 3.05) is 14.1 Å². The van der Waals surface area contributed by atoms with Crippen molar-refractivity contribution in [1.29, 1.82) is 0 Å². The largest absolute Gasteiger partial charge is 0.306 e. The molecule has 0 aliphatic heterocycles. The van der Waals surface area contributed by atoms with E-state index in [0.29, 0.717) is 0 Å². The topological polar surface area (TPSA) is 3.24 Å². The summed E-state index contributed by atoms with van der Waals surface area (Å²) in [5.74, 6) is 2.25. The van der Waals surface area contributed by atoms with Gasteiger partial charge in [0.05, 0.1) is 0 Å². The quantitative estimate of drug-likeness (QED) is 0.148. The Labute approximate surface area is 192 Å². The second-order valence-electron chi connectivity index (χ2n) is 10.8. The Morgan fingerprint density at radius 1 is 0.533 bits per heavy atom. The van der Waals surface area contributed by atoms with E-state index in [1.165, 1.54) is 122 Å². The molecule has 1 aliphatic rings. The van der Waals surface area contributed by atoms with Crippen LogP contribution in [-0.2, 0) is 0 Å². The molecule has 0 aromatic heterocycles. The summed E-state index contributed by atoms with van der Waals surface area (Å²) in [5.41, 5.74) is 0. The lowest BCUT2D eigenvalue weighted by molar-refractivity contribution is 0.251. The second-order valence-corrected chi connectivity index (χ2v) is 10.8. The van der Waals surface area contributed by atoms with E-state index >= 15 is 0 Å². The first-order valence-electron chi connectivity index (χ1n) is 14.3. The van der Waals surface area contributed by atoms with Gasteiger partial charge in [0, 0.05) is 6.04 Å². The Balaban J connectivity index is 1.87. The van der Waals surface area contributed by atoms with Gasteiger partial charge in [0.15, 0.2) is 0 Å². The Bertz CT molecular complexity index is 350. The Morgan fingerprint density at radius 3 is 1.30 bits per heavy atom. The highest BCUT2D eigenvalue weighted by atomic mass is 15.1. The molecule has 0 aromatic carbocycles. The average Bonchev–Trinajstić information content (AvgIpc) is 3.48. The number of unbranched alkanes of at least 4 members (excludes halogenated alkanes) is 14. The van der Waals surface area contributed by atoms with Crippen molar-refractivity contribution in [1.82, 2.24) is 4.90 Å². The third kappa shape index (κ3) is 15.7. The predicted molar refractivity (Wildman–Crippen MR) is 137 cm³/mol. The molecule has 1 rings (SSSR count). The molecule has 2 unspecified atom stereocenters. The zero-order valence-corrected chi connectivity index (χ0v) is 21.7. The SMILES string of the molecule is CCCCCCCCC(CCCCCCCC1C[C@H]1CCCCCCCC)N(C)C. The molecule has 0 aromatic rings. The number of nitrogens with zero attached hydrogens (tertiary/aromatic N) is 1. The van der Waals surface area contributed by atoms with Gasteiger partial charge in [-0.2, -0.15) is 0 Å². The monoisotopic (exact) mass is 421 g/mol. The van der Waals surface area contributed by atoms with Gasteiger partial charge in [-0.15, -0.1) is 0 Å². The summed E-state index contributed by atoms with van der Waals surface area (Å²) in [7, 11) is 4.58. The maximum Gasteiger partial charge on any atom is 0.00891 e. The van der Waals surface area contributed by atoms with Gasteiger partial charge in [-0.05, 0) is 45.2 Å². The third-order valence-electron chi connectivity index (χ3n) is 7.73. The maximum atomic E-state index is 2.49. The van der Waals surface area contributed by atoms with Gasteiger partial charge in [0.1, 0.15) is 0 Å². The van der Waals surface area contributed by atoms with E-state index in [1.807, 2.05) is 0 Å². The van der Waals surface area contributed by atoms with Crippen molar-refractivity contribution in [2.24, 2.45) is 11.8 Å². The summed E-state index contributed by atoms with van der Waals surface area (Å²) in [6, 6.07) is 0.824. The standard InChI is InChI=1S/C29H59N/c1-5-7-9-11-14-18-22-27-26-28(27)23-19-15-13-17-21-25-29(30(3)4)24-20-16-12-10-8-6-2/h27-29H,5-26H2,1-4H3/t27-,28?,29?/m1/s1. The van der Waals surface area contributed by atoms with Crippen LogP contribution in [-0.4, -0.2) is 25.0 Å². The van der Waals surface area contributed by atoms with Crippen LogP contribution < -0.4 is 0 Å². The lowest BCUT2D eigenvalue weighted by Crippen LogP contribution is -2.27. The highest BCUT2D eigenvalue weighted by molar-refractivity contribution is 4.85. The van der Waals surface area contributed by atoms with Crippen molar-refractivity contribution in [2.45, 2.75) is 161 Å². The lowest BCUT2D eigenvalue weighted by Gasteiger charge is -2.24. The molecule has 30 heavy (non-hydrogen) atoms. The molecule has 1 fully saturated rings. The summed E-state index contributed by atoms with van der Waals surface area (Å²) in [6.07, 6.45) is 32.2. The molecule has 0 bridgehead atoms. The van der Waals surface area contributed by atoms with Crippen molar-refractivity contribution < 1.29 is 0 Å². The highest BCUT2D eigenvalue weighted by Crippen LogP contribution is 2.45. The summed E-state index contributed by atoms with van der Waals surface area (Å²) >= 11 is 0. The molecular weight excluding hydrogens is 362 g/mol. The van der Waals surface area contributed by atoms with Gasteiger partial charge in [-0.1, -0.05) is 136 Å². The average molecular weight is 422 g/mol. The van der Waals surface area contributed by atoms with E-state index in [4.69, 9.17) is 0 Å². The molecule has 0 N–H and O–H groups in total. The van der Waals surface area contributed by atoms with Crippen molar-refractivity contribution in [3.05, 3.63) is 0 Å². The molecule has 3 atom stereocenters. The number of hydrogen-bond donors (Lipinski definition) is 0. The zero-order chi connectivity index (χ0) is 21.9. The van der Waals surface area contributed by atoms with E-state index in [1.54, 1.807) is 19.3 Å². The summed E-state index contributed by atoms with van der Waals surface area (Å²) < 4.78 is 0. The highest BCUT2D eigenvalue weighted by Gasteiger charge is 2.34. The van der Waals surface area contributed by atoms with E-state index in [0.717, 1.165) is 17.9 Å². The number of rotatable bonds is 23. The van der Waals surface area contributed by atoms with Crippen LogP contribution in [0.2, 0.25) is 0 Å². The first kappa shape index (κ1) is 28.0. The minimum absolute atomic E-state index is 0.824. The molecular formula is C29H59N. The maximum absolute atomic E-state index is 2.49. The first-order chi connectivity index (χ1) is 14.7. The van der Waals surface area contributed by atoms with Crippen LogP contribution >= 0.6 is 0 Å².